The summed E-state index contributed by atoms with van der Waals surface area (Å²) in [6.45, 7) is 3.56. The predicted octanol–water partition coefficient (Wildman–Crippen LogP) is 1.11. The molecule has 0 unspecified atom stereocenters. The minimum Gasteiger partial charge on any atom is -0.0918 e. The van der Waals surface area contributed by atoms with Gasteiger partial charge in [0.25, 0.3) is 0 Å². The quantitative estimate of drug-likeness (QED) is 0.387. The second-order valence-electron chi connectivity index (χ2n) is 0.908. The average molecular weight is 52.1 g/mol. The first-order valence-corrected chi connectivity index (χ1v) is 1.26. The first kappa shape index (κ1) is 1.77. The highest BCUT2D eigenvalue weighted by atomic mass is 13.9. The summed E-state index contributed by atoms with van der Waals surface area (Å²) in [4.78, 5) is 0. The fourth-order valence-electron chi connectivity index (χ4n) is 0.0589. The Hall–Kier alpha value is -0.520. The molecule has 20 valence electrons. The summed E-state index contributed by atoms with van der Waals surface area (Å²) in [6, 6.07) is 0. The van der Waals surface area contributed by atoms with E-state index >= 15 is 0 Å². The van der Waals surface area contributed by atoms with Crippen LogP contribution in [0.5, 0.6) is 0 Å². The Balaban J connectivity index is 2.80. The Morgan fingerprint density at radius 3 is 1.75 bits per heavy atom. The van der Waals surface area contributed by atoms with Gasteiger partial charge < -0.3 is 0 Å². The maximum atomic E-state index is 3.56. The SMILES string of the molecule is C=C1C=C1. The number of allylic oxidation sites excluding steroid dienone is 3. The van der Waals surface area contributed by atoms with Crippen LogP contribution in [0.4, 0.5) is 0 Å². The summed E-state index contributed by atoms with van der Waals surface area (Å²) in [5.41, 5.74) is 1.17. The molecule has 0 bridgehead atoms. The Labute approximate surface area is 25.4 Å². The largest absolute Gasteiger partial charge is 0.0918 e. The highest BCUT2D eigenvalue weighted by molar-refractivity contribution is 5.43. The van der Waals surface area contributed by atoms with Crippen molar-refractivity contribution in [1.29, 1.82) is 0 Å². The van der Waals surface area contributed by atoms with Gasteiger partial charge in [-0.05, 0) is 5.57 Å². The first-order chi connectivity index (χ1) is 1.89. The molecule has 0 aromatic rings. The van der Waals surface area contributed by atoms with Gasteiger partial charge in [-0.3, -0.25) is 0 Å². The normalized spacial score (nSPS) is 17.5. The van der Waals surface area contributed by atoms with E-state index in [1.54, 1.807) is 0 Å². The van der Waals surface area contributed by atoms with Crippen molar-refractivity contribution in [2.24, 2.45) is 0 Å². The molecule has 0 fully saturated rings. The van der Waals surface area contributed by atoms with Gasteiger partial charge in [0.05, 0.1) is 0 Å². The van der Waals surface area contributed by atoms with E-state index in [1.807, 2.05) is 12.2 Å². The minimum atomic E-state index is 1.17. The fraction of sp³-hybridized carbons (Fsp3) is 0. The molecule has 0 heteroatoms. The standard InChI is InChI=1S/C4H4/c1-4-2-3-4/h2-3H,1H2. The van der Waals surface area contributed by atoms with Crippen LogP contribution in [0.1, 0.15) is 0 Å². The molecular formula is C4H4. The van der Waals surface area contributed by atoms with Crippen molar-refractivity contribution in [3.05, 3.63) is 24.3 Å². The summed E-state index contributed by atoms with van der Waals surface area (Å²) in [6.07, 6.45) is 3.94. The monoisotopic (exact) mass is 52.0 g/mol. The lowest BCUT2D eigenvalue weighted by atomic mass is 10.7. The van der Waals surface area contributed by atoms with Crippen molar-refractivity contribution >= 4 is 0 Å². The summed E-state index contributed by atoms with van der Waals surface area (Å²) in [5, 5.41) is 0. The second-order valence-corrected chi connectivity index (χ2v) is 0.908. The van der Waals surface area contributed by atoms with E-state index < -0.39 is 0 Å². The zero-order valence-corrected chi connectivity index (χ0v) is 2.36. The van der Waals surface area contributed by atoms with Crippen LogP contribution in [0.2, 0.25) is 0 Å². The second kappa shape index (κ2) is 0.271. The van der Waals surface area contributed by atoms with E-state index in [-0.39, 0.29) is 0 Å². The average Bonchev–Trinajstić information content (AvgIpc) is 1.75. The van der Waals surface area contributed by atoms with Gasteiger partial charge in [-0.15, -0.1) is 0 Å². The molecule has 0 radical (unpaired) electrons. The molecule has 0 heterocycles. The maximum Gasteiger partial charge on any atom is -0.0328 e. The van der Waals surface area contributed by atoms with Gasteiger partial charge in [0.1, 0.15) is 0 Å². The Bertz CT molecular complexity index is 60.1. The zero-order chi connectivity index (χ0) is 2.99. The van der Waals surface area contributed by atoms with Crippen molar-refractivity contribution in [2.75, 3.05) is 0 Å². The number of rotatable bonds is 0. The van der Waals surface area contributed by atoms with Crippen LogP contribution in [0.25, 0.3) is 0 Å². The van der Waals surface area contributed by atoms with Crippen molar-refractivity contribution in [3.63, 3.8) is 0 Å². The van der Waals surface area contributed by atoms with Gasteiger partial charge in [0, 0.05) is 0 Å². The van der Waals surface area contributed by atoms with Crippen molar-refractivity contribution in [2.45, 2.75) is 0 Å². The summed E-state index contributed by atoms with van der Waals surface area (Å²) in [5.74, 6) is 0. The molecule has 0 atom stereocenters. The number of hydrogen-bond donors (Lipinski definition) is 0. The molecule has 0 saturated heterocycles. The molecule has 0 aliphatic heterocycles. The van der Waals surface area contributed by atoms with Crippen LogP contribution in [-0.4, -0.2) is 0 Å². The molecule has 0 aromatic heterocycles. The topological polar surface area (TPSA) is 0 Å². The van der Waals surface area contributed by atoms with Crippen LogP contribution in [0.15, 0.2) is 24.3 Å². The highest BCUT2D eigenvalue weighted by Crippen LogP contribution is 2.07. The molecule has 1 aliphatic rings. The van der Waals surface area contributed by atoms with Crippen molar-refractivity contribution in [1.82, 2.24) is 0 Å². The lowest BCUT2D eigenvalue weighted by molar-refractivity contribution is 2.17. The van der Waals surface area contributed by atoms with E-state index in [0.29, 0.717) is 0 Å². The number of hydrogen-bond acceptors (Lipinski definition) is 0. The van der Waals surface area contributed by atoms with Crippen LogP contribution >= 0.6 is 0 Å². The lowest BCUT2D eigenvalue weighted by Crippen LogP contribution is -1.19. The van der Waals surface area contributed by atoms with Gasteiger partial charge in [0.15, 0.2) is 0 Å². The van der Waals surface area contributed by atoms with Crippen molar-refractivity contribution in [3.8, 4) is 0 Å². The molecule has 0 amide bonds. The van der Waals surface area contributed by atoms with Gasteiger partial charge in [-0.2, -0.15) is 0 Å². The van der Waals surface area contributed by atoms with E-state index in [0.717, 1.165) is 0 Å². The lowest BCUT2D eigenvalue weighted by Gasteiger charge is -1.39. The Morgan fingerprint density at radius 1 is 1.50 bits per heavy atom. The minimum absolute atomic E-state index is 1.17. The molecule has 4 heavy (non-hydrogen) atoms. The third-order valence-corrected chi connectivity index (χ3v) is 0.402. The van der Waals surface area contributed by atoms with E-state index in [2.05, 4.69) is 6.58 Å². The molecule has 1 rings (SSSR count). The van der Waals surface area contributed by atoms with E-state index in [9.17, 15) is 0 Å². The van der Waals surface area contributed by atoms with E-state index in [1.165, 1.54) is 5.57 Å². The summed E-state index contributed by atoms with van der Waals surface area (Å²) < 4.78 is 0. The van der Waals surface area contributed by atoms with Crippen LogP contribution in [-0.2, 0) is 0 Å². The van der Waals surface area contributed by atoms with Crippen LogP contribution in [0, 0.1) is 0 Å². The Morgan fingerprint density at radius 2 is 1.75 bits per heavy atom. The molecule has 0 N–H and O–H groups in total. The third-order valence-electron chi connectivity index (χ3n) is 0.402. The summed E-state index contributed by atoms with van der Waals surface area (Å²) in [7, 11) is 0. The van der Waals surface area contributed by atoms with Gasteiger partial charge >= 0.3 is 0 Å². The fourth-order valence-corrected chi connectivity index (χ4v) is 0.0589. The molecule has 1 aliphatic carbocycles. The van der Waals surface area contributed by atoms with Crippen LogP contribution in [0.3, 0.4) is 0 Å². The van der Waals surface area contributed by atoms with Crippen LogP contribution < -0.4 is 0 Å². The first-order valence-electron chi connectivity index (χ1n) is 1.26. The molecule has 0 saturated carbocycles. The molecule has 0 nitrogen and oxygen atoms in total. The highest BCUT2D eigenvalue weighted by Gasteiger charge is 1.87. The van der Waals surface area contributed by atoms with E-state index in [4.69, 9.17) is 0 Å². The van der Waals surface area contributed by atoms with Gasteiger partial charge in [0.2, 0.25) is 0 Å². The molecule has 0 spiro atoms. The smallest absolute Gasteiger partial charge is 0.0328 e. The zero-order valence-electron chi connectivity index (χ0n) is 2.36. The predicted molar refractivity (Wildman–Crippen MR) is 18.3 cm³/mol. The molecular weight excluding hydrogens is 48.0 g/mol. The summed E-state index contributed by atoms with van der Waals surface area (Å²) >= 11 is 0. The van der Waals surface area contributed by atoms with Gasteiger partial charge in [-0.1, -0.05) is 18.7 Å². The Kier molecular flexibility index (Phi) is 0.120. The third kappa shape index (κ3) is 0.0554. The van der Waals surface area contributed by atoms with Gasteiger partial charge in [-0.25, -0.2) is 0 Å². The van der Waals surface area contributed by atoms with Crippen molar-refractivity contribution < 1.29 is 0 Å². The maximum absolute atomic E-state index is 3.56. The molecule has 0 aromatic carbocycles.